The molecule has 0 radical (unpaired) electrons. The van der Waals surface area contributed by atoms with Gasteiger partial charge in [-0.15, -0.1) is 6.58 Å². The molecule has 2 aromatic carbocycles. The Morgan fingerprint density at radius 3 is 1.48 bits per heavy atom. The van der Waals surface area contributed by atoms with Crippen molar-refractivity contribution in [2.24, 2.45) is 0 Å². The van der Waals surface area contributed by atoms with Crippen molar-refractivity contribution in [1.82, 2.24) is 0 Å². The minimum absolute atomic E-state index is 0.0971. The monoisotopic (exact) mass is 572 g/mol. The predicted octanol–water partition coefficient (Wildman–Crippen LogP) is 3.78. The van der Waals surface area contributed by atoms with Crippen LogP contribution < -0.4 is 0 Å². The lowest BCUT2D eigenvalue weighted by Crippen LogP contribution is -2.66. The summed E-state index contributed by atoms with van der Waals surface area (Å²) in [6.45, 7) is 10.4. The van der Waals surface area contributed by atoms with E-state index in [1.165, 1.54) is 6.92 Å². The Morgan fingerprint density at radius 1 is 0.775 bits per heavy atom. The largest absolute Gasteiger partial charge is 0.394 e. The normalized spacial score (nSPS) is 17.4. The first-order valence-corrected chi connectivity index (χ1v) is 13.1. The number of aliphatic hydroxyl groups excluding tert-OH is 4. The van der Waals surface area contributed by atoms with E-state index < -0.39 is 90.5 Å². The average molecular weight is 573 g/mol. The molecule has 0 aromatic heterocycles. The first-order valence-electron chi connectivity index (χ1n) is 13.1. The third kappa shape index (κ3) is 7.29. The Kier molecular flexibility index (Phi) is 11.1. The van der Waals surface area contributed by atoms with Crippen molar-refractivity contribution in [2.45, 2.75) is 95.2 Å². The molecule has 0 aliphatic heterocycles. The maximum absolute atomic E-state index is 14.8. The second-order valence-corrected chi connectivity index (χ2v) is 11.4. The summed E-state index contributed by atoms with van der Waals surface area (Å²) in [4.78, 5) is 0. The van der Waals surface area contributed by atoms with Crippen LogP contribution in [0.2, 0.25) is 0 Å². The van der Waals surface area contributed by atoms with Crippen LogP contribution in [0.25, 0.3) is 0 Å². The van der Waals surface area contributed by atoms with Crippen LogP contribution in [0.15, 0.2) is 36.4 Å². The zero-order valence-electron chi connectivity index (χ0n) is 23.4. The number of halogens is 4. The zero-order chi connectivity index (χ0) is 30.7. The fourth-order valence-electron chi connectivity index (χ4n) is 5.30. The second kappa shape index (κ2) is 13.1. The van der Waals surface area contributed by atoms with Crippen LogP contribution in [0, 0.1) is 23.3 Å². The van der Waals surface area contributed by atoms with Crippen LogP contribution in [0.3, 0.4) is 0 Å². The van der Waals surface area contributed by atoms with Crippen LogP contribution in [0.1, 0.15) is 75.1 Å². The number of benzene rings is 2. The maximum Gasteiger partial charge on any atom is 0.129 e. The molecule has 0 amide bonds. The molecule has 2 rings (SSSR count). The lowest BCUT2D eigenvalue weighted by molar-refractivity contribution is -0.228. The fourth-order valence-corrected chi connectivity index (χ4v) is 5.30. The summed E-state index contributed by atoms with van der Waals surface area (Å²) in [7, 11) is 0. The number of hydrogen-bond donors (Lipinski definition) is 6. The van der Waals surface area contributed by atoms with Crippen molar-refractivity contribution >= 4 is 0 Å². The summed E-state index contributed by atoms with van der Waals surface area (Å²) < 4.78 is 59.0. The molecule has 40 heavy (non-hydrogen) atoms. The number of hydrogen-bond acceptors (Lipinski definition) is 6. The summed E-state index contributed by atoms with van der Waals surface area (Å²) >= 11 is 0. The van der Waals surface area contributed by atoms with Crippen molar-refractivity contribution in [1.29, 1.82) is 0 Å². The molecule has 6 N–H and O–H groups in total. The van der Waals surface area contributed by atoms with E-state index >= 15 is 0 Å². The Morgan fingerprint density at radius 2 is 1.15 bits per heavy atom. The van der Waals surface area contributed by atoms with E-state index in [9.17, 15) is 48.2 Å². The van der Waals surface area contributed by atoms with Gasteiger partial charge in [0.2, 0.25) is 0 Å². The van der Waals surface area contributed by atoms with Gasteiger partial charge in [-0.2, -0.15) is 0 Å². The van der Waals surface area contributed by atoms with Gasteiger partial charge < -0.3 is 30.6 Å². The van der Waals surface area contributed by atoms with Crippen LogP contribution >= 0.6 is 0 Å². The summed E-state index contributed by atoms with van der Waals surface area (Å²) in [5.41, 5.74) is -5.83. The van der Waals surface area contributed by atoms with Gasteiger partial charge in [-0.25, -0.2) is 17.6 Å². The molecule has 6 nitrogen and oxygen atoms in total. The summed E-state index contributed by atoms with van der Waals surface area (Å²) in [5.74, 6) is -4.69. The molecule has 0 spiro atoms. The van der Waals surface area contributed by atoms with E-state index in [-0.39, 0.29) is 27.8 Å². The topological polar surface area (TPSA) is 121 Å². The van der Waals surface area contributed by atoms with Crippen molar-refractivity contribution in [3.8, 4) is 0 Å². The van der Waals surface area contributed by atoms with E-state index in [1.807, 2.05) is 0 Å². The molecule has 0 aliphatic rings. The minimum atomic E-state index is -2.92. The van der Waals surface area contributed by atoms with Crippen molar-refractivity contribution < 1.29 is 48.2 Å². The van der Waals surface area contributed by atoms with Gasteiger partial charge in [0.15, 0.2) is 0 Å². The molecule has 5 atom stereocenters. The Bertz CT molecular complexity index is 1160. The highest BCUT2D eigenvalue weighted by Crippen LogP contribution is 2.37. The molecule has 1 unspecified atom stereocenters. The molecule has 2 aromatic rings. The van der Waals surface area contributed by atoms with E-state index in [4.69, 9.17) is 0 Å². The second-order valence-electron chi connectivity index (χ2n) is 11.4. The first kappa shape index (κ1) is 33.9. The van der Waals surface area contributed by atoms with Crippen molar-refractivity contribution in [3.63, 3.8) is 0 Å². The molecule has 0 saturated carbocycles. The van der Waals surface area contributed by atoms with Gasteiger partial charge in [-0.1, -0.05) is 33.3 Å². The van der Waals surface area contributed by atoms with Crippen molar-refractivity contribution in [2.75, 3.05) is 6.61 Å². The number of rotatable bonds is 13. The van der Waals surface area contributed by atoms with Gasteiger partial charge in [0.1, 0.15) is 52.8 Å². The smallest absolute Gasteiger partial charge is 0.129 e. The Hall–Kier alpha value is -2.34. The van der Waals surface area contributed by atoms with Gasteiger partial charge in [0.25, 0.3) is 0 Å². The van der Waals surface area contributed by atoms with Gasteiger partial charge in [-0.05, 0) is 60.6 Å². The fraction of sp³-hybridized carbons (Fsp3) is 0.533. The van der Waals surface area contributed by atoms with Crippen molar-refractivity contribution in [3.05, 3.63) is 81.9 Å². The summed E-state index contributed by atoms with van der Waals surface area (Å²) in [6.07, 6.45) is -8.74. The molecular weight excluding hydrogens is 532 g/mol. The van der Waals surface area contributed by atoms with E-state index in [0.717, 1.165) is 24.3 Å². The summed E-state index contributed by atoms with van der Waals surface area (Å²) in [5, 5.41) is 65.3. The molecule has 10 heteroatoms. The molecule has 0 bridgehead atoms. The molecule has 0 aliphatic carbocycles. The van der Waals surface area contributed by atoms with Crippen LogP contribution in [-0.4, -0.2) is 66.8 Å². The molecule has 0 saturated heterocycles. The van der Waals surface area contributed by atoms with Gasteiger partial charge in [0.05, 0.1) is 6.61 Å². The highest BCUT2D eigenvalue weighted by Gasteiger charge is 2.54. The van der Waals surface area contributed by atoms with E-state index in [2.05, 4.69) is 6.58 Å². The molecule has 0 heterocycles. The third-order valence-corrected chi connectivity index (χ3v) is 7.08. The SMILES string of the molecule is C=C(C)CC(O)(Cc1cc(F)c(C(C)C)c(F)c1)[C@@H](O)[C@@](O)(Cc1cc(F)c(C(C)C)c(F)c1)[C@H](O)[C@@H](O)CO. The third-order valence-electron chi connectivity index (χ3n) is 7.08. The van der Waals surface area contributed by atoms with E-state index in [0.29, 0.717) is 0 Å². The van der Waals surface area contributed by atoms with Crippen LogP contribution in [0.5, 0.6) is 0 Å². The lowest BCUT2D eigenvalue weighted by Gasteiger charge is -2.46. The highest BCUT2D eigenvalue weighted by molar-refractivity contribution is 5.32. The first-order chi connectivity index (χ1) is 18.4. The Balaban J connectivity index is 2.67. The van der Waals surface area contributed by atoms with Gasteiger partial charge >= 0.3 is 0 Å². The maximum atomic E-state index is 14.8. The molecule has 224 valence electrons. The Labute approximate surface area is 232 Å². The molecule has 0 fully saturated rings. The highest BCUT2D eigenvalue weighted by atomic mass is 19.1. The summed E-state index contributed by atoms with van der Waals surface area (Å²) in [6, 6.07) is 3.73. The zero-order valence-corrected chi connectivity index (χ0v) is 23.4. The predicted molar refractivity (Wildman–Crippen MR) is 143 cm³/mol. The lowest BCUT2D eigenvalue weighted by atomic mass is 9.71. The average Bonchev–Trinajstić information content (AvgIpc) is 2.80. The van der Waals surface area contributed by atoms with E-state index in [1.54, 1.807) is 27.7 Å². The van der Waals surface area contributed by atoms with Gasteiger partial charge in [-0.3, -0.25) is 0 Å². The quantitative estimate of drug-likeness (QED) is 0.161. The van der Waals surface area contributed by atoms with Crippen LogP contribution in [-0.2, 0) is 12.8 Å². The molecular formula is C30H40F4O6. The minimum Gasteiger partial charge on any atom is -0.394 e. The van der Waals surface area contributed by atoms with Gasteiger partial charge in [0, 0.05) is 24.0 Å². The standard InChI is InChI=1S/C30H40F4O6/c1-15(2)11-29(39,12-18-7-20(31)25(16(3)4)21(32)8-18)28(38)30(40,27(37)24(36)14-35)13-19-9-22(33)26(17(5)6)23(34)10-19/h7-10,16-17,24,27-28,35-40H,1,11-14H2,2-6H3/t24-,27+,28+,29?,30+/m0/s1. The number of aliphatic hydroxyl groups is 6. The van der Waals surface area contributed by atoms with Crippen LogP contribution in [0.4, 0.5) is 17.6 Å².